The van der Waals surface area contributed by atoms with Crippen LogP contribution in [0.2, 0.25) is 0 Å². The van der Waals surface area contributed by atoms with Gasteiger partial charge in [-0.1, -0.05) is 30.3 Å². The van der Waals surface area contributed by atoms with Gasteiger partial charge in [0.25, 0.3) is 0 Å². The molecule has 5 heteroatoms. The van der Waals surface area contributed by atoms with E-state index in [0.717, 1.165) is 5.56 Å². The molecular weight excluding hydrogens is 234 g/mol. The number of aliphatic hydroxyl groups is 1. The molecular formula is C13H17NO4. The summed E-state index contributed by atoms with van der Waals surface area (Å²) >= 11 is 0. The van der Waals surface area contributed by atoms with Gasteiger partial charge in [-0.15, -0.1) is 0 Å². The zero-order valence-corrected chi connectivity index (χ0v) is 10.4. The maximum atomic E-state index is 12.1. The minimum Gasteiger partial charge on any atom is -0.480 e. The standard InChI is InChI=1S/C13H17NO4/c1-13(2,9-6-4-3-5-7-9)12(18)14-10(8-15)11(16)17/h3-7,10,15H,8H2,1-2H3,(H,14,18)(H,16,17). The van der Waals surface area contributed by atoms with Crippen molar-refractivity contribution in [3.8, 4) is 0 Å². The molecule has 1 aromatic rings. The second-order valence-electron chi connectivity index (χ2n) is 4.54. The predicted octanol–water partition coefficient (Wildman–Crippen LogP) is 0.526. The van der Waals surface area contributed by atoms with Crippen LogP contribution >= 0.6 is 0 Å². The fraction of sp³-hybridized carbons (Fsp3) is 0.385. The third-order valence-corrected chi connectivity index (χ3v) is 2.85. The van der Waals surface area contributed by atoms with Gasteiger partial charge >= 0.3 is 5.97 Å². The molecule has 0 fully saturated rings. The van der Waals surface area contributed by atoms with Gasteiger partial charge in [-0.25, -0.2) is 4.79 Å². The predicted molar refractivity (Wildman–Crippen MR) is 66.1 cm³/mol. The van der Waals surface area contributed by atoms with E-state index in [4.69, 9.17) is 10.2 Å². The van der Waals surface area contributed by atoms with E-state index in [-0.39, 0.29) is 0 Å². The Morgan fingerprint density at radius 3 is 2.28 bits per heavy atom. The van der Waals surface area contributed by atoms with E-state index in [1.807, 2.05) is 18.2 Å². The monoisotopic (exact) mass is 251 g/mol. The van der Waals surface area contributed by atoms with Crippen molar-refractivity contribution < 1.29 is 19.8 Å². The van der Waals surface area contributed by atoms with Gasteiger partial charge in [0, 0.05) is 0 Å². The minimum absolute atomic E-state index is 0.435. The largest absolute Gasteiger partial charge is 0.480 e. The van der Waals surface area contributed by atoms with Crippen molar-refractivity contribution in [3.05, 3.63) is 35.9 Å². The Kier molecular flexibility index (Phi) is 4.44. The SMILES string of the molecule is CC(C)(C(=O)NC(CO)C(=O)O)c1ccccc1. The highest BCUT2D eigenvalue weighted by atomic mass is 16.4. The number of benzene rings is 1. The summed E-state index contributed by atoms with van der Waals surface area (Å²) in [6.45, 7) is 2.77. The molecule has 0 aliphatic carbocycles. The maximum Gasteiger partial charge on any atom is 0.328 e. The summed E-state index contributed by atoms with van der Waals surface area (Å²) in [4.78, 5) is 22.8. The summed E-state index contributed by atoms with van der Waals surface area (Å²) in [5.41, 5.74) is -0.0750. The van der Waals surface area contributed by atoms with Crippen molar-refractivity contribution in [3.63, 3.8) is 0 Å². The van der Waals surface area contributed by atoms with Crippen LogP contribution in [0.4, 0.5) is 0 Å². The molecule has 1 unspecified atom stereocenters. The molecule has 18 heavy (non-hydrogen) atoms. The molecule has 3 N–H and O–H groups in total. The fourth-order valence-electron chi connectivity index (χ4n) is 1.51. The summed E-state index contributed by atoms with van der Waals surface area (Å²) in [6.07, 6.45) is 0. The second kappa shape index (κ2) is 5.64. The summed E-state index contributed by atoms with van der Waals surface area (Å²) in [7, 11) is 0. The summed E-state index contributed by atoms with van der Waals surface area (Å²) in [5.74, 6) is -1.69. The van der Waals surface area contributed by atoms with Crippen LogP contribution in [0.25, 0.3) is 0 Å². The Labute approximate surface area is 105 Å². The zero-order chi connectivity index (χ0) is 13.8. The summed E-state index contributed by atoms with van der Waals surface area (Å²) < 4.78 is 0. The van der Waals surface area contributed by atoms with Gasteiger partial charge in [-0.3, -0.25) is 4.79 Å². The first kappa shape index (κ1) is 14.2. The Morgan fingerprint density at radius 1 is 1.28 bits per heavy atom. The molecule has 5 nitrogen and oxygen atoms in total. The van der Waals surface area contributed by atoms with E-state index in [0.29, 0.717) is 0 Å². The molecule has 98 valence electrons. The van der Waals surface area contributed by atoms with Crippen LogP contribution in [0.3, 0.4) is 0 Å². The molecule has 1 aromatic carbocycles. The highest BCUT2D eigenvalue weighted by Crippen LogP contribution is 2.23. The van der Waals surface area contributed by atoms with Crippen LogP contribution in [0.1, 0.15) is 19.4 Å². The van der Waals surface area contributed by atoms with Gasteiger partial charge in [0.15, 0.2) is 0 Å². The molecule has 0 heterocycles. The second-order valence-corrected chi connectivity index (χ2v) is 4.54. The van der Waals surface area contributed by atoms with Gasteiger partial charge in [0.05, 0.1) is 12.0 Å². The van der Waals surface area contributed by atoms with Crippen molar-refractivity contribution in [1.82, 2.24) is 5.32 Å². The first-order valence-corrected chi connectivity index (χ1v) is 5.59. The van der Waals surface area contributed by atoms with Crippen LogP contribution in [-0.4, -0.2) is 34.7 Å². The number of carboxylic acids is 1. The lowest BCUT2D eigenvalue weighted by Gasteiger charge is -2.25. The number of rotatable bonds is 5. The molecule has 0 saturated heterocycles. The van der Waals surface area contributed by atoms with Gasteiger partial charge < -0.3 is 15.5 Å². The fourth-order valence-corrected chi connectivity index (χ4v) is 1.51. The number of aliphatic hydroxyl groups excluding tert-OH is 1. The number of aliphatic carboxylic acids is 1. The van der Waals surface area contributed by atoms with E-state index < -0.39 is 29.9 Å². The van der Waals surface area contributed by atoms with E-state index in [1.165, 1.54) is 0 Å². The van der Waals surface area contributed by atoms with E-state index in [9.17, 15) is 9.59 Å². The molecule has 0 spiro atoms. The lowest BCUT2D eigenvalue weighted by molar-refractivity contribution is -0.143. The number of carbonyl (C=O) groups is 2. The van der Waals surface area contributed by atoms with Gasteiger partial charge in [0.2, 0.25) is 5.91 Å². The van der Waals surface area contributed by atoms with Crippen molar-refractivity contribution in [1.29, 1.82) is 0 Å². The number of hydrogen-bond donors (Lipinski definition) is 3. The van der Waals surface area contributed by atoms with E-state index in [1.54, 1.807) is 26.0 Å². The maximum absolute atomic E-state index is 12.1. The smallest absolute Gasteiger partial charge is 0.328 e. The number of hydrogen-bond acceptors (Lipinski definition) is 3. The Morgan fingerprint density at radius 2 is 1.83 bits per heavy atom. The summed E-state index contributed by atoms with van der Waals surface area (Å²) in [6, 6.07) is 7.78. The van der Waals surface area contributed by atoms with Crippen molar-refractivity contribution in [2.24, 2.45) is 0 Å². The van der Waals surface area contributed by atoms with Crippen molar-refractivity contribution in [2.45, 2.75) is 25.3 Å². The normalized spacial score (nSPS) is 12.8. The number of carboxylic acid groups (broad SMARTS) is 1. The highest BCUT2D eigenvalue weighted by Gasteiger charge is 2.32. The van der Waals surface area contributed by atoms with Gasteiger partial charge in [0.1, 0.15) is 6.04 Å². The molecule has 0 saturated carbocycles. The molecule has 0 aliphatic heterocycles. The quantitative estimate of drug-likeness (QED) is 0.712. The van der Waals surface area contributed by atoms with Gasteiger partial charge in [-0.05, 0) is 19.4 Å². The molecule has 0 aromatic heterocycles. The zero-order valence-electron chi connectivity index (χ0n) is 10.4. The van der Waals surface area contributed by atoms with Crippen LogP contribution in [0.15, 0.2) is 30.3 Å². The molecule has 1 atom stereocenters. The number of carbonyl (C=O) groups excluding carboxylic acids is 1. The first-order chi connectivity index (χ1) is 8.39. The van der Waals surface area contributed by atoms with Crippen LogP contribution in [0, 0.1) is 0 Å². The lowest BCUT2D eigenvalue weighted by Crippen LogP contribution is -2.49. The van der Waals surface area contributed by atoms with Crippen LogP contribution < -0.4 is 5.32 Å². The van der Waals surface area contributed by atoms with Crippen LogP contribution in [-0.2, 0) is 15.0 Å². The average molecular weight is 251 g/mol. The topological polar surface area (TPSA) is 86.6 Å². The Hall–Kier alpha value is -1.88. The van der Waals surface area contributed by atoms with Crippen molar-refractivity contribution >= 4 is 11.9 Å². The average Bonchev–Trinajstić information content (AvgIpc) is 2.36. The van der Waals surface area contributed by atoms with E-state index >= 15 is 0 Å². The third-order valence-electron chi connectivity index (χ3n) is 2.85. The molecule has 0 aliphatic rings. The molecule has 1 rings (SSSR count). The third kappa shape index (κ3) is 3.07. The molecule has 0 bridgehead atoms. The Bertz CT molecular complexity index is 428. The molecule has 1 amide bonds. The number of nitrogens with one attached hydrogen (secondary N) is 1. The van der Waals surface area contributed by atoms with Crippen LogP contribution in [0.5, 0.6) is 0 Å². The lowest BCUT2D eigenvalue weighted by atomic mass is 9.83. The summed E-state index contributed by atoms with van der Waals surface area (Å²) in [5, 5.41) is 20.0. The van der Waals surface area contributed by atoms with Crippen molar-refractivity contribution in [2.75, 3.05) is 6.61 Å². The minimum atomic E-state index is -1.28. The van der Waals surface area contributed by atoms with Gasteiger partial charge in [-0.2, -0.15) is 0 Å². The Balaban J connectivity index is 2.86. The number of amides is 1. The molecule has 0 radical (unpaired) electrons. The first-order valence-electron chi connectivity index (χ1n) is 5.59. The van der Waals surface area contributed by atoms with E-state index in [2.05, 4.69) is 5.32 Å². The highest BCUT2D eigenvalue weighted by molar-refractivity contribution is 5.90.